The molecule has 2 saturated carbocycles. The van der Waals surface area contributed by atoms with Gasteiger partial charge in [-0.15, -0.1) is 0 Å². The molecule has 0 radical (unpaired) electrons. The maximum atomic E-state index is 14.6. The number of benzene rings is 3. The monoisotopic (exact) mass is 494 g/mol. The minimum Gasteiger partial charge on any atom is -0.334 e. The Morgan fingerprint density at radius 3 is 1.84 bits per heavy atom. The molecule has 2 bridgehead atoms. The Morgan fingerprint density at radius 2 is 1.30 bits per heavy atom. The van der Waals surface area contributed by atoms with Crippen LogP contribution in [0, 0.1) is 16.2 Å². The lowest BCUT2D eigenvalue weighted by atomic mass is 9.64. The first-order valence-electron chi connectivity index (χ1n) is 13.0. The van der Waals surface area contributed by atoms with Crippen LogP contribution in [0.3, 0.4) is 0 Å². The first-order chi connectivity index (χ1) is 17.8. The summed E-state index contributed by atoms with van der Waals surface area (Å²) in [6.45, 7) is 7.62. The van der Waals surface area contributed by atoms with Gasteiger partial charge in [0.1, 0.15) is 0 Å². The summed E-state index contributed by atoms with van der Waals surface area (Å²) in [6.07, 6.45) is 2.12. The van der Waals surface area contributed by atoms with Crippen molar-refractivity contribution in [1.82, 2.24) is 4.90 Å². The summed E-state index contributed by atoms with van der Waals surface area (Å²) in [5.41, 5.74) is 2.19. The fraction of sp³-hybridized carbons (Fsp3) is 0.344. The Bertz CT molecular complexity index is 1260. The zero-order valence-electron chi connectivity index (χ0n) is 21.8. The molecule has 190 valence electrons. The number of amides is 1. The van der Waals surface area contributed by atoms with E-state index in [1.165, 1.54) is 0 Å². The molecular weight excluding hydrogens is 460 g/mol. The summed E-state index contributed by atoms with van der Waals surface area (Å²) in [5.74, 6) is -0.332. The van der Waals surface area contributed by atoms with Crippen LogP contribution in [0.15, 0.2) is 96.2 Å². The van der Waals surface area contributed by atoms with Gasteiger partial charge in [-0.3, -0.25) is 4.79 Å². The molecule has 3 aromatic rings. The van der Waals surface area contributed by atoms with Gasteiger partial charge in [0.05, 0.1) is 16.7 Å². The normalized spacial score (nSPS) is 24.7. The van der Waals surface area contributed by atoms with E-state index in [4.69, 9.17) is 4.84 Å². The highest BCUT2D eigenvalue weighted by molar-refractivity contribution is 6.02. The Balaban J connectivity index is 1.45. The van der Waals surface area contributed by atoms with Crippen molar-refractivity contribution in [1.29, 1.82) is 0 Å². The molecule has 5 nitrogen and oxygen atoms in total. The number of fused-ring (bicyclic) bond motifs is 2. The number of nitrogens with zero attached hydrogens (tertiary/aromatic N) is 2. The van der Waals surface area contributed by atoms with Crippen molar-refractivity contribution in [2.24, 2.45) is 21.4 Å². The van der Waals surface area contributed by atoms with Gasteiger partial charge >= 0.3 is 5.97 Å². The molecule has 2 unspecified atom stereocenters. The quantitative estimate of drug-likeness (QED) is 0.273. The van der Waals surface area contributed by atoms with Crippen molar-refractivity contribution in [2.45, 2.75) is 53.1 Å². The lowest BCUT2D eigenvalue weighted by molar-refractivity contribution is -0.148. The second-order valence-electron chi connectivity index (χ2n) is 11.1. The molecule has 3 aromatic carbocycles. The van der Waals surface area contributed by atoms with Crippen molar-refractivity contribution in [3.05, 3.63) is 108 Å². The molecule has 2 aliphatic carbocycles. The van der Waals surface area contributed by atoms with E-state index < -0.39 is 11.4 Å². The van der Waals surface area contributed by atoms with Gasteiger partial charge in [0.25, 0.3) is 0 Å². The summed E-state index contributed by atoms with van der Waals surface area (Å²) in [4.78, 5) is 34.6. The average Bonchev–Trinajstić information content (AvgIpc) is 3.23. The highest BCUT2D eigenvalue weighted by Crippen LogP contribution is 2.71. The summed E-state index contributed by atoms with van der Waals surface area (Å²) < 4.78 is 0. The van der Waals surface area contributed by atoms with E-state index in [0.29, 0.717) is 25.1 Å². The minimum absolute atomic E-state index is 0.147. The standard InChI is InChI=1S/C32H34N2O3/c1-30(2)31(3)19-20-32(30,21-27(31)33-37-28(35)26-17-11-6-12-18-26)29(36)34(22-24-13-7-4-8-14-24)23-25-15-9-5-10-16-25/h4-18H,19-23H2,1-3H3. The third-order valence-electron chi connectivity index (χ3n) is 9.11. The Morgan fingerprint density at radius 1 is 0.784 bits per heavy atom. The van der Waals surface area contributed by atoms with Crippen LogP contribution in [0.5, 0.6) is 0 Å². The molecule has 2 fully saturated rings. The number of hydrogen-bond donors (Lipinski definition) is 0. The van der Waals surface area contributed by atoms with Crippen LogP contribution in [0.25, 0.3) is 0 Å². The van der Waals surface area contributed by atoms with Crippen LogP contribution in [-0.2, 0) is 22.7 Å². The van der Waals surface area contributed by atoms with Gasteiger partial charge in [-0.05, 0) is 41.5 Å². The number of oxime groups is 1. The van der Waals surface area contributed by atoms with Crippen LogP contribution in [0.4, 0.5) is 0 Å². The third-order valence-corrected chi connectivity index (χ3v) is 9.11. The summed E-state index contributed by atoms with van der Waals surface area (Å²) in [7, 11) is 0. The van der Waals surface area contributed by atoms with E-state index in [2.05, 4.69) is 50.2 Å². The third kappa shape index (κ3) is 4.26. The summed E-state index contributed by atoms with van der Waals surface area (Å²) in [6, 6.07) is 29.2. The molecule has 5 heteroatoms. The zero-order chi connectivity index (χ0) is 26.1. The highest BCUT2D eigenvalue weighted by Gasteiger charge is 2.72. The zero-order valence-corrected chi connectivity index (χ0v) is 21.8. The first-order valence-corrected chi connectivity index (χ1v) is 13.0. The fourth-order valence-electron chi connectivity index (χ4n) is 6.33. The second-order valence-corrected chi connectivity index (χ2v) is 11.1. The van der Waals surface area contributed by atoms with Crippen molar-refractivity contribution >= 4 is 17.6 Å². The van der Waals surface area contributed by atoms with Crippen LogP contribution in [0.1, 0.15) is 61.5 Å². The van der Waals surface area contributed by atoms with Crippen molar-refractivity contribution in [3.63, 3.8) is 0 Å². The molecule has 0 saturated heterocycles. The first kappa shape index (κ1) is 24.9. The molecule has 37 heavy (non-hydrogen) atoms. The topological polar surface area (TPSA) is 59.0 Å². The number of carbonyl (C=O) groups is 2. The van der Waals surface area contributed by atoms with Crippen LogP contribution >= 0.6 is 0 Å². The Kier molecular flexibility index (Phi) is 6.49. The fourth-order valence-corrected chi connectivity index (χ4v) is 6.33. The van der Waals surface area contributed by atoms with E-state index in [-0.39, 0.29) is 16.7 Å². The van der Waals surface area contributed by atoms with Crippen LogP contribution in [0.2, 0.25) is 0 Å². The van der Waals surface area contributed by atoms with Gasteiger partial charge in [0, 0.05) is 24.9 Å². The molecule has 5 rings (SSSR count). The number of hydrogen-bond acceptors (Lipinski definition) is 4. The Hall–Kier alpha value is -3.73. The largest absolute Gasteiger partial charge is 0.365 e. The molecule has 0 aromatic heterocycles. The van der Waals surface area contributed by atoms with E-state index in [9.17, 15) is 9.59 Å². The van der Waals surface area contributed by atoms with E-state index >= 15 is 0 Å². The predicted molar refractivity (Wildman–Crippen MR) is 145 cm³/mol. The van der Waals surface area contributed by atoms with E-state index in [1.807, 2.05) is 47.4 Å². The lowest BCUT2D eigenvalue weighted by Crippen LogP contribution is -2.48. The molecular formula is C32H34N2O3. The van der Waals surface area contributed by atoms with E-state index in [1.54, 1.807) is 24.3 Å². The smallest absolute Gasteiger partial charge is 0.334 e. The van der Waals surface area contributed by atoms with Crippen LogP contribution in [-0.4, -0.2) is 22.5 Å². The van der Waals surface area contributed by atoms with Crippen LogP contribution < -0.4 is 0 Å². The molecule has 2 atom stereocenters. The molecule has 0 N–H and O–H groups in total. The predicted octanol–water partition coefficient (Wildman–Crippen LogP) is 6.64. The average molecular weight is 495 g/mol. The van der Waals surface area contributed by atoms with Gasteiger partial charge in [-0.2, -0.15) is 0 Å². The van der Waals surface area contributed by atoms with Gasteiger partial charge in [0.15, 0.2) is 0 Å². The molecule has 2 aliphatic rings. The van der Waals surface area contributed by atoms with Crippen molar-refractivity contribution in [2.75, 3.05) is 0 Å². The number of carbonyl (C=O) groups excluding carboxylic acids is 2. The summed E-state index contributed by atoms with van der Waals surface area (Å²) in [5, 5.41) is 4.40. The van der Waals surface area contributed by atoms with E-state index in [0.717, 1.165) is 29.7 Å². The maximum absolute atomic E-state index is 14.6. The highest BCUT2D eigenvalue weighted by atomic mass is 16.7. The molecule has 0 aliphatic heterocycles. The SMILES string of the molecule is CC12CCC(C(=O)N(Cc3ccccc3)Cc3ccccc3)(CC1=NOC(=O)c1ccccc1)C2(C)C. The van der Waals surface area contributed by atoms with Gasteiger partial charge < -0.3 is 9.74 Å². The number of rotatable bonds is 7. The molecule has 1 amide bonds. The summed E-state index contributed by atoms with van der Waals surface area (Å²) >= 11 is 0. The van der Waals surface area contributed by atoms with Crippen molar-refractivity contribution < 1.29 is 14.4 Å². The van der Waals surface area contributed by atoms with Gasteiger partial charge in [0.2, 0.25) is 5.91 Å². The van der Waals surface area contributed by atoms with Gasteiger partial charge in [-0.25, -0.2) is 4.79 Å². The molecule has 0 spiro atoms. The Labute approximate surface area is 219 Å². The minimum atomic E-state index is -0.608. The van der Waals surface area contributed by atoms with Gasteiger partial charge in [-0.1, -0.05) is 105 Å². The lowest BCUT2D eigenvalue weighted by Gasteiger charge is -2.42. The van der Waals surface area contributed by atoms with Crippen molar-refractivity contribution in [3.8, 4) is 0 Å². The maximum Gasteiger partial charge on any atom is 0.365 e. The molecule has 0 heterocycles. The second kappa shape index (κ2) is 9.62.